The third-order valence-corrected chi connectivity index (χ3v) is 2.95. The van der Waals surface area contributed by atoms with E-state index in [4.69, 9.17) is 4.74 Å². The summed E-state index contributed by atoms with van der Waals surface area (Å²) in [5.41, 5.74) is 1.98. The van der Waals surface area contributed by atoms with E-state index in [-0.39, 0.29) is 11.6 Å². The molecule has 0 bridgehead atoms. The van der Waals surface area contributed by atoms with Gasteiger partial charge in [0.1, 0.15) is 6.61 Å². The van der Waals surface area contributed by atoms with Crippen LogP contribution in [0, 0.1) is 12.7 Å². The lowest BCUT2D eigenvalue weighted by Crippen LogP contribution is -1.98. The van der Waals surface area contributed by atoms with Crippen molar-refractivity contribution in [2.45, 2.75) is 13.5 Å². The highest BCUT2D eigenvalue weighted by molar-refractivity contribution is 9.10. The largest absolute Gasteiger partial charge is 0.486 e. The molecule has 0 heterocycles. The number of hydrogen-bond donors (Lipinski definition) is 0. The molecule has 0 radical (unpaired) electrons. The summed E-state index contributed by atoms with van der Waals surface area (Å²) in [5, 5.41) is 0. The lowest BCUT2D eigenvalue weighted by atomic mass is 10.2. The Morgan fingerprint density at radius 1 is 1.18 bits per heavy atom. The van der Waals surface area contributed by atoms with Gasteiger partial charge in [-0.15, -0.1) is 0 Å². The van der Waals surface area contributed by atoms with E-state index < -0.39 is 0 Å². The van der Waals surface area contributed by atoms with Gasteiger partial charge in [-0.25, -0.2) is 4.39 Å². The fourth-order valence-electron chi connectivity index (χ4n) is 1.53. The van der Waals surface area contributed by atoms with E-state index in [9.17, 15) is 4.39 Å². The van der Waals surface area contributed by atoms with E-state index in [0.717, 1.165) is 11.1 Å². The Morgan fingerprint density at radius 3 is 2.59 bits per heavy atom. The third kappa shape index (κ3) is 3.07. The van der Waals surface area contributed by atoms with E-state index in [2.05, 4.69) is 15.9 Å². The molecule has 2 aromatic carbocycles. The van der Waals surface area contributed by atoms with Gasteiger partial charge < -0.3 is 4.74 Å². The number of ether oxygens (including phenoxy) is 1. The summed E-state index contributed by atoms with van der Waals surface area (Å²) >= 11 is 3.17. The Kier molecular flexibility index (Phi) is 3.79. The van der Waals surface area contributed by atoms with Gasteiger partial charge in [0.25, 0.3) is 0 Å². The van der Waals surface area contributed by atoms with Crippen LogP contribution in [0.3, 0.4) is 0 Å². The Hall–Kier alpha value is -1.35. The van der Waals surface area contributed by atoms with Crippen molar-refractivity contribution in [3.05, 3.63) is 63.9 Å². The molecule has 0 atom stereocenters. The van der Waals surface area contributed by atoms with Crippen molar-refractivity contribution < 1.29 is 9.13 Å². The van der Waals surface area contributed by atoms with Gasteiger partial charge >= 0.3 is 0 Å². The van der Waals surface area contributed by atoms with Crippen LogP contribution < -0.4 is 4.74 Å². The Bertz CT molecular complexity index is 511. The molecule has 0 saturated heterocycles. The van der Waals surface area contributed by atoms with Crippen molar-refractivity contribution in [2.24, 2.45) is 0 Å². The molecule has 0 fully saturated rings. The second-order valence-corrected chi connectivity index (χ2v) is 4.69. The summed E-state index contributed by atoms with van der Waals surface area (Å²) in [4.78, 5) is 0. The van der Waals surface area contributed by atoms with Crippen molar-refractivity contribution in [3.8, 4) is 5.75 Å². The second-order valence-electron chi connectivity index (χ2n) is 3.83. The molecular formula is C14H12BrFO. The Labute approximate surface area is 108 Å². The highest BCUT2D eigenvalue weighted by Crippen LogP contribution is 2.27. The minimum absolute atomic E-state index is 0.278. The molecule has 0 aliphatic carbocycles. The minimum Gasteiger partial charge on any atom is -0.486 e. The maximum atomic E-state index is 13.7. The predicted octanol–water partition coefficient (Wildman–Crippen LogP) is 4.48. The van der Waals surface area contributed by atoms with Crippen LogP contribution in [-0.4, -0.2) is 0 Å². The number of hydrogen-bond acceptors (Lipinski definition) is 1. The van der Waals surface area contributed by atoms with Crippen LogP contribution in [0.1, 0.15) is 11.1 Å². The van der Waals surface area contributed by atoms with Gasteiger partial charge in [0.05, 0.1) is 4.47 Å². The summed E-state index contributed by atoms with van der Waals surface area (Å²) in [6, 6.07) is 13.1. The summed E-state index contributed by atoms with van der Waals surface area (Å²) < 4.78 is 19.6. The predicted molar refractivity (Wildman–Crippen MR) is 69.6 cm³/mol. The highest BCUT2D eigenvalue weighted by atomic mass is 79.9. The van der Waals surface area contributed by atoms with Gasteiger partial charge in [-0.1, -0.05) is 30.3 Å². The minimum atomic E-state index is -0.355. The van der Waals surface area contributed by atoms with Gasteiger partial charge in [-0.2, -0.15) is 0 Å². The monoisotopic (exact) mass is 294 g/mol. The molecule has 2 rings (SSSR count). The zero-order chi connectivity index (χ0) is 12.3. The highest BCUT2D eigenvalue weighted by Gasteiger charge is 2.08. The van der Waals surface area contributed by atoms with Crippen LogP contribution >= 0.6 is 15.9 Å². The van der Waals surface area contributed by atoms with Crippen molar-refractivity contribution >= 4 is 15.9 Å². The molecule has 3 heteroatoms. The van der Waals surface area contributed by atoms with E-state index in [1.807, 2.05) is 37.3 Å². The molecule has 0 amide bonds. The van der Waals surface area contributed by atoms with Crippen LogP contribution in [0.2, 0.25) is 0 Å². The lowest BCUT2D eigenvalue weighted by Gasteiger charge is -2.09. The lowest BCUT2D eigenvalue weighted by molar-refractivity contribution is 0.289. The molecule has 0 unspecified atom stereocenters. The van der Waals surface area contributed by atoms with Crippen LogP contribution in [0.25, 0.3) is 0 Å². The smallest absolute Gasteiger partial charge is 0.179 e. The molecule has 0 aliphatic rings. The fourth-order valence-corrected chi connectivity index (χ4v) is 2.09. The van der Waals surface area contributed by atoms with Crippen molar-refractivity contribution in [1.82, 2.24) is 0 Å². The molecule has 17 heavy (non-hydrogen) atoms. The van der Waals surface area contributed by atoms with E-state index in [1.165, 1.54) is 0 Å². The standard InChI is InChI=1S/C14H12BrFO/c1-10-7-12(15)14(16)13(8-10)17-9-11-5-3-2-4-6-11/h2-8H,9H2,1H3. The summed E-state index contributed by atoms with van der Waals surface area (Å²) in [6.07, 6.45) is 0. The summed E-state index contributed by atoms with van der Waals surface area (Å²) in [6.45, 7) is 2.27. The van der Waals surface area contributed by atoms with Gasteiger partial charge in [0, 0.05) is 0 Å². The Balaban J connectivity index is 2.14. The number of aryl methyl sites for hydroxylation is 1. The summed E-state index contributed by atoms with van der Waals surface area (Å²) in [7, 11) is 0. The summed E-state index contributed by atoms with van der Waals surface area (Å²) in [5.74, 6) is -0.0766. The first-order valence-electron chi connectivity index (χ1n) is 5.29. The van der Waals surface area contributed by atoms with Crippen molar-refractivity contribution in [3.63, 3.8) is 0 Å². The van der Waals surface area contributed by atoms with Crippen LogP contribution in [0.5, 0.6) is 5.75 Å². The van der Waals surface area contributed by atoms with Gasteiger partial charge in [0.2, 0.25) is 0 Å². The van der Waals surface area contributed by atoms with Crippen LogP contribution in [0.4, 0.5) is 4.39 Å². The van der Waals surface area contributed by atoms with Crippen molar-refractivity contribution in [2.75, 3.05) is 0 Å². The first-order valence-corrected chi connectivity index (χ1v) is 6.08. The van der Waals surface area contributed by atoms with Gasteiger partial charge in [-0.3, -0.25) is 0 Å². The topological polar surface area (TPSA) is 9.23 Å². The molecule has 0 aliphatic heterocycles. The Morgan fingerprint density at radius 2 is 1.88 bits per heavy atom. The third-order valence-electron chi connectivity index (χ3n) is 2.38. The SMILES string of the molecule is Cc1cc(Br)c(F)c(OCc2ccccc2)c1. The average Bonchev–Trinajstić information content (AvgIpc) is 2.33. The van der Waals surface area contributed by atoms with Crippen LogP contribution in [0.15, 0.2) is 46.9 Å². The number of rotatable bonds is 3. The number of benzene rings is 2. The zero-order valence-corrected chi connectivity index (χ0v) is 11.0. The van der Waals surface area contributed by atoms with Crippen molar-refractivity contribution in [1.29, 1.82) is 0 Å². The zero-order valence-electron chi connectivity index (χ0n) is 9.41. The van der Waals surface area contributed by atoms with Gasteiger partial charge in [0.15, 0.2) is 11.6 Å². The molecular weight excluding hydrogens is 283 g/mol. The molecule has 0 spiro atoms. The molecule has 0 N–H and O–H groups in total. The quantitative estimate of drug-likeness (QED) is 0.811. The first kappa shape index (κ1) is 12.1. The van der Waals surface area contributed by atoms with Crippen LogP contribution in [-0.2, 0) is 6.61 Å². The molecule has 0 saturated carbocycles. The van der Waals surface area contributed by atoms with E-state index >= 15 is 0 Å². The normalized spacial score (nSPS) is 10.3. The molecule has 0 aromatic heterocycles. The maximum Gasteiger partial charge on any atom is 0.179 e. The number of halogens is 2. The van der Waals surface area contributed by atoms with E-state index in [1.54, 1.807) is 12.1 Å². The fraction of sp³-hybridized carbons (Fsp3) is 0.143. The molecule has 1 nitrogen and oxygen atoms in total. The first-order chi connectivity index (χ1) is 8.16. The van der Waals surface area contributed by atoms with Gasteiger partial charge in [-0.05, 0) is 46.1 Å². The maximum absolute atomic E-state index is 13.7. The average molecular weight is 295 g/mol. The molecule has 88 valence electrons. The molecule has 2 aromatic rings. The van der Waals surface area contributed by atoms with E-state index in [0.29, 0.717) is 11.1 Å². The second kappa shape index (κ2) is 5.32.